The molecular formula is C19H25N5O6S. The molecule has 1 amide bonds. The lowest BCUT2D eigenvalue weighted by Crippen LogP contribution is -2.41. The Labute approximate surface area is 180 Å². The number of morpholine rings is 1. The van der Waals surface area contributed by atoms with Crippen LogP contribution in [-0.4, -0.2) is 59.6 Å². The van der Waals surface area contributed by atoms with Gasteiger partial charge in [-0.15, -0.1) is 0 Å². The number of carbonyl (C=O) groups is 1. The molecule has 168 valence electrons. The third kappa shape index (κ3) is 5.27. The summed E-state index contributed by atoms with van der Waals surface area (Å²) in [6, 6.07) is 6.34. The first-order valence-electron chi connectivity index (χ1n) is 9.89. The molecular weight excluding hydrogens is 426 g/mol. The van der Waals surface area contributed by atoms with Gasteiger partial charge in [0.2, 0.25) is 15.7 Å². The number of aryl methyl sites for hydroxylation is 2. The topological polar surface area (TPSA) is 137 Å². The molecule has 2 heterocycles. The van der Waals surface area contributed by atoms with Crippen LogP contribution in [0.4, 0.5) is 11.4 Å². The number of nitrogens with one attached hydrogen (secondary N) is 1. The first kappa shape index (κ1) is 22.8. The zero-order valence-corrected chi connectivity index (χ0v) is 18.2. The molecule has 0 bridgehead atoms. The van der Waals surface area contributed by atoms with Crippen LogP contribution in [0.15, 0.2) is 24.3 Å². The molecule has 0 spiro atoms. The first-order valence-corrected chi connectivity index (χ1v) is 11.5. The molecule has 1 aromatic heterocycles. The number of aromatic nitrogens is 2. The number of rotatable bonds is 8. The van der Waals surface area contributed by atoms with E-state index in [9.17, 15) is 23.3 Å². The lowest BCUT2D eigenvalue weighted by Gasteiger charge is -2.26. The number of ether oxygens (including phenoxy) is 1. The van der Waals surface area contributed by atoms with Crippen molar-refractivity contribution >= 4 is 27.3 Å². The summed E-state index contributed by atoms with van der Waals surface area (Å²) in [5, 5.41) is 18.2. The van der Waals surface area contributed by atoms with Gasteiger partial charge in [-0.25, -0.2) is 8.42 Å². The highest BCUT2D eigenvalue weighted by Crippen LogP contribution is 2.25. The Bertz CT molecular complexity index is 1060. The summed E-state index contributed by atoms with van der Waals surface area (Å²) in [6.45, 7) is 3.30. The van der Waals surface area contributed by atoms with Gasteiger partial charge in [-0.3, -0.25) is 19.6 Å². The molecule has 1 saturated heterocycles. The van der Waals surface area contributed by atoms with Crippen LogP contribution in [0.3, 0.4) is 0 Å². The van der Waals surface area contributed by atoms with E-state index >= 15 is 0 Å². The monoisotopic (exact) mass is 451 g/mol. The Kier molecular flexibility index (Phi) is 7.03. The van der Waals surface area contributed by atoms with E-state index in [-0.39, 0.29) is 22.8 Å². The van der Waals surface area contributed by atoms with E-state index in [1.807, 2.05) is 6.92 Å². The molecule has 1 fully saturated rings. The second-order valence-corrected chi connectivity index (χ2v) is 9.16. The molecule has 0 unspecified atom stereocenters. The lowest BCUT2D eigenvalue weighted by molar-refractivity contribution is -0.385. The zero-order chi connectivity index (χ0) is 22.6. The second kappa shape index (κ2) is 9.54. The van der Waals surface area contributed by atoms with Gasteiger partial charge in [-0.2, -0.15) is 9.40 Å². The Hall–Kier alpha value is -2.83. The molecule has 0 atom stereocenters. The minimum atomic E-state index is -3.46. The maximum absolute atomic E-state index is 12.7. The number of carbonyl (C=O) groups excluding carboxylic acids is 1. The number of hydrogen-bond acceptors (Lipinski definition) is 7. The summed E-state index contributed by atoms with van der Waals surface area (Å²) in [5.74, 6) is -0.813. The second-order valence-electron chi connectivity index (χ2n) is 7.19. The maximum Gasteiger partial charge on any atom is 0.323 e. The minimum Gasteiger partial charge on any atom is -0.379 e. The van der Waals surface area contributed by atoms with Crippen LogP contribution < -0.4 is 5.32 Å². The molecule has 31 heavy (non-hydrogen) atoms. The van der Waals surface area contributed by atoms with E-state index < -0.39 is 20.9 Å². The number of nitro groups is 1. The lowest BCUT2D eigenvalue weighted by atomic mass is 10.2. The fourth-order valence-corrected chi connectivity index (χ4v) is 4.92. The van der Waals surface area contributed by atoms with Crippen molar-refractivity contribution in [1.29, 1.82) is 0 Å². The molecule has 1 aliphatic heterocycles. The summed E-state index contributed by atoms with van der Waals surface area (Å²) in [4.78, 5) is 23.6. The third-order valence-electron chi connectivity index (χ3n) is 4.90. The molecule has 2 aromatic rings. The van der Waals surface area contributed by atoms with Crippen molar-refractivity contribution in [3.63, 3.8) is 0 Å². The van der Waals surface area contributed by atoms with Crippen molar-refractivity contribution in [3.8, 4) is 0 Å². The standard InChI is InChI=1S/C19H25N5O6S/c1-3-4-16-17(24(26)27)18(22(2)21-16)19(25)20-15-7-5-14(6-8-15)13-31(28,29)23-9-11-30-12-10-23/h5-8H,3-4,9-13H2,1-2H3,(H,20,25). The van der Waals surface area contributed by atoms with Crippen LogP contribution in [0.5, 0.6) is 0 Å². The summed E-state index contributed by atoms with van der Waals surface area (Å²) < 4.78 is 32.8. The molecule has 3 rings (SSSR count). The zero-order valence-electron chi connectivity index (χ0n) is 17.4. The van der Waals surface area contributed by atoms with Crippen LogP contribution in [0.2, 0.25) is 0 Å². The first-order chi connectivity index (χ1) is 14.7. The van der Waals surface area contributed by atoms with Gasteiger partial charge in [0.25, 0.3) is 5.91 Å². The van der Waals surface area contributed by atoms with Gasteiger partial charge < -0.3 is 10.1 Å². The molecule has 12 heteroatoms. The molecule has 1 N–H and O–H groups in total. The van der Waals surface area contributed by atoms with Crippen molar-refractivity contribution in [2.45, 2.75) is 25.5 Å². The Morgan fingerprint density at radius 1 is 1.26 bits per heavy atom. The van der Waals surface area contributed by atoms with Gasteiger partial charge >= 0.3 is 5.69 Å². The number of amides is 1. The van der Waals surface area contributed by atoms with E-state index in [2.05, 4.69) is 10.4 Å². The quantitative estimate of drug-likeness (QED) is 0.476. The summed E-state index contributed by atoms with van der Waals surface area (Å²) in [6.07, 6.45) is 1.05. The molecule has 0 radical (unpaired) electrons. The molecule has 11 nitrogen and oxygen atoms in total. The summed E-state index contributed by atoms with van der Waals surface area (Å²) >= 11 is 0. The average molecular weight is 452 g/mol. The van der Waals surface area contributed by atoms with Gasteiger partial charge in [-0.05, 0) is 24.1 Å². The maximum atomic E-state index is 12.7. The van der Waals surface area contributed by atoms with Crippen molar-refractivity contribution in [1.82, 2.24) is 14.1 Å². The van der Waals surface area contributed by atoms with Crippen molar-refractivity contribution in [2.24, 2.45) is 7.05 Å². The number of nitrogens with zero attached hydrogens (tertiary/aromatic N) is 4. The molecule has 0 aliphatic carbocycles. The van der Waals surface area contributed by atoms with Crippen molar-refractivity contribution in [3.05, 3.63) is 51.3 Å². The average Bonchev–Trinajstić information content (AvgIpc) is 3.06. The van der Waals surface area contributed by atoms with Crippen LogP contribution >= 0.6 is 0 Å². The minimum absolute atomic E-state index is 0.132. The van der Waals surface area contributed by atoms with E-state index in [4.69, 9.17) is 4.74 Å². The highest BCUT2D eigenvalue weighted by atomic mass is 32.2. The smallest absolute Gasteiger partial charge is 0.323 e. The fraction of sp³-hybridized carbons (Fsp3) is 0.474. The van der Waals surface area contributed by atoms with Gasteiger partial charge in [0.05, 0.1) is 23.9 Å². The number of hydrogen-bond donors (Lipinski definition) is 1. The van der Waals surface area contributed by atoms with Gasteiger partial charge in [0.15, 0.2) is 0 Å². The number of anilines is 1. The Balaban J connectivity index is 1.73. The molecule has 1 aromatic carbocycles. The van der Waals surface area contributed by atoms with Gasteiger partial charge in [0, 0.05) is 25.8 Å². The third-order valence-corrected chi connectivity index (χ3v) is 6.75. The normalized spacial score (nSPS) is 15.0. The summed E-state index contributed by atoms with van der Waals surface area (Å²) in [5.41, 5.74) is 0.803. The van der Waals surface area contributed by atoms with Crippen LogP contribution in [0.1, 0.15) is 35.1 Å². The van der Waals surface area contributed by atoms with E-state index in [1.165, 1.54) is 16.0 Å². The van der Waals surface area contributed by atoms with E-state index in [0.717, 1.165) is 0 Å². The predicted octanol–water partition coefficient (Wildman–Crippen LogP) is 1.70. The van der Waals surface area contributed by atoms with Crippen molar-refractivity contribution in [2.75, 3.05) is 31.6 Å². The predicted molar refractivity (Wildman–Crippen MR) is 113 cm³/mol. The van der Waals surface area contributed by atoms with Crippen LogP contribution in [0.25, 0.3) is 0 Å². The number of sulfonamides is 1. The van der Waals surface area contributed by atoms with Crippen molar-refractivity contribution < 1.29 is 22.9 Å². The van der Waals surface area contributed by atoms with Crippen LogP contribution in [-0.2, 0) is 34.0 Å². The summed E-state index contributed by atoms with van der Waals surface area (Å²) in [7, 11) is -1.97. The van der Waals surface area contributed by atoms with Crippen LogP contribution in [0, 0.1) is 10.1 Å². The van der Waals surface area contributed by atoms with Gasteiger partial charge in [0.1, 0.15) is 5.69 Å². The molecule has 1 aliphatic rings. The highest BCUT2D eigenvalue weighted by molar-refractivity contribution is 7.88. The molecule has 0 saturated carbocycles. The number of benzene rings is 1. The highest BCUT2D eigenvalue weighted by Gasteiger charge is 2.31. The Morgan fingerprint density at radius 2 is 1.90 bits per heavy atom. The van der Waals surface area contributed by atoms with Gasteiger partial charge in [-0.1, -0.05) is 25.5 Å². The fourth-order valence-electron chi connectivity index (χ4n) is 3.42. The van der Waals surface area contributed by atoms with E-state index in [0.29, 0.717) is 50.4 Å². The SMILES string of the molecule is CCCc1nn(C)c(C(=O)Nc2ccc(CS(=O)(=O)N3CCOCC3)cc2)c1[N+](=O)[O-]. The van der Waals surface area contributed by atoms with E-state index in [1.54, 1.807) is 24.3 Å². The Morgan fingerprint density at radius 3 is 2.48 bits per heavy atom. The largest absolute Gasteiger partial charge is 0.379 e.